The SMILES string of the molecule is Cc1ccc(NC(=O)c2cccc(C(F)(F)F)c2)cc1Nc1nc(-c2ccco2)c2[nH]ccc2n1. The smallest absolute Gasteiger partial charge is 0.416 e. The highest BCUT2D eigenvalue weighted by Crippen LogP contribution is 2.31. The summed E-state index contributed by atoms with van der Waals surface area (Å²) in [7, 11) is 0. The van der Waals surface area contributed by atoms with Crippen molar-refractivity contribution in [2.24, 2.45) is 0 Å². The predicted molar refractivity (Wildman–Crippen MR) is 125 cm³/mol. The molecule has 0 atom stereocenters. The van der Waals surface area contributed by atoms with E-state index < -0.39 is 17.6 Å². The van der Waals surface area contributed by atoms with Gasteiger partial charge in [-0.2, -0.15) is 13.2 Å². The number of aromatic amines is 1. The van der Waals surface area contributed by atoms with Crippen LogP contribution in [0.1, 0.15) is 21.5 Å². The van der Waals surface area contributed by atoms with Crippen LogP contribution in [-0.2, 0) is 6.18 Å². The molecule has 0 spiro atoms. The molecule has 0 aliphatic carbocycles. The van der Waals surface area contributed by atoms with Gasteiger partial charge in [0.1, 0.15) is 5.69 Å². The molecule has 0 bridgehead atoms. The van der Waals surface area contributed by atoms with E-state index in [-0.39, 0.29) is 5.56 Å². The molecular weight excluding hydrogens is 459 g/mol. The van der Waals surface area contributed by atoms with Gasteiger partial charge in [0.2, 0.25) is 5.95 Å². The maximum absolute atomic E-state index is 13.0. The lowest BCUT2D eigenvalue weighted by Gasteiger charge is -2.13. The fraction of sp³-hybridized carbons (Fsp3) is 0.0800. The molecular formula is C25H18F3N5O2. The minimum absolute atomic E-state index is 0.0979. The lowest BCUT2D eigenvalue weighted by molar-refractivity contribution is -0.137. The number of aryl methyl sites for hydroxylation is 1. The van der Waals surface area contributed by atoms with Crippen molar-refractivity contribution >= 4 is 34.3 Å². The lowest BCUT2D eigenvalue weighted by atomic mass is 10.1. The van der Waals surface area contributed by atoms with Crippen LogP contribution in [0.2, 0.25) is 0 Å². The van der Waals surface area contributed by atoms with E-state index in [4.69, 9.17) is 4.42 Å². The largest absolute Gasteiger partial charge is 0.463 e. The van der Waals surface area contributed by atoms with Crippen molar-refractivity contribution in [2.75, 3.05) is 10.6 Å². The molecule has 0 aliphatic heterocycles. The van der Waals surface area contributed by atoms with Crippen molar-refractivity contribution in [3.05, 3.63) is 89.8 Å². The van der Waals surface area contributed by atoms with Gasteiger partial charge in [0.25, 0.3) is 5.91 Å². The molecule has 0 saturated heterocycles. The Morgan fingerprint density at radius 1 is 1.03 bits per heavy atom. The Morgan fingerprint density at radius 2 is 1.89 bits per heavy atom. The van der Waals surface area contributed by atoms with Crippen LogP contribution < -0.4 is 10.6 Å². The first-order chi connectivity index (χ1) is 16.8. The number of furan rings is 1. The number of H-pyrrole nitrogens is 1. The Kier molecular flexibility index (Phi) is 5.48. The van der Waals surface area contributed by atoms with Crippen LogP contribution in [0.5, 0.6) is 0 Å². The summed E-state index contributed by atoms with van der Waals surface area (Å²) >= 11 is 0. The van der Waals surface area contributed by atoms with Crippen molar-refractivity contribution in [1.82, 2.24) is 15.0 Å². The van der Waals surface area contributed by atoms with Crippen LogP contribution in [0.3, 0.4) is 0 Å². The first-order valence-electron chi connectivity index (χ1n) is 10.5. The van der Waals surface area contributed by atoms with E-state index in [0.29, 0.717) is 34.3 Å². The van der Waals surface area contributed by atoms with Gasteiger partial charge in [0.15, 0.2) is 5.76 Å². The highest BCUT2D eigenvalue weighted by molar-refractivity contribution is 6.04. The first kappa shape index (κ1) is 22.2. The van der Waals surface area contributed by atoms with Crippen molar-refractivity contribution in [3.8, 4) is 11.5 Å². The van der Waals surface area contributed by atoms with Crippen molar-refractivity contribution < 1.29 is 22.4 Å². The van der Waals surface area contributed by atoms with Gasteiger partial charge in [-0.3, -0.25) is 4.79 Å². The molecule has 1 amide bonds. The van der Waals surface area contributed by atoms with Crippen molar-refractivity contribution in [3.63, 3.8) is 0 Å². The molecule has 3 heterocycles. The highest BCUT2D eigenvalue weighted by Gasteiger charge is 2.30. The topological polar surface area (TPSA) is 95.8 Å². The minimum atomic E-state index is -4.54. The zero-order chi connectivity index (χ0) is 24.6. The monoisotopic (exact) mass is 477 g/mol. The summed E-state index contributed by atoms with van der Waals surface area (Å²) in [5.41, 5.74) is 2.87. The van der Waals surface area contributed by atoms with Crippen LogP contribution in [0.15, 0.2) is 77.5 Å². The number of rotatable bonds is 5. The molecule has 0 aliphatic rings. The number of carbonyl (C=O) groups is 1. The molecule has 0 radical (unpaired) electrons. The second-order valence-corrected chi connectivity index (χ2v) is 7.80. The maximum atomic E-state index is 13.0. The zero-order valence-corrected chi connectivity index (χ0v) is 18.3. The number of anilines is 3. The van der Waals surface area contributed by atoms with Crippen LogP contribution >= 0.6 is 0 Å². The fourth-order valence-electron chi connectivity index (χ4n) is 3.59. The summed E-state index contributed by atoms with van der Waals surface area (Å²) in [5.74, 6) is 0.227. The molecule has 10 heteroatoms. The molecule has 3 aromatic heterocycles. The second kappa shape index (κ2) is 8.64. The number of halogens is 3. The van der Waals surface area contributed by atoms with Gasteiger partial charge in [-0.1, -0.05) is 12.1 Å². The number of hydrogen-bond acceptors (Lipinski definition) is 5. The summed E-state index contributed by atoms with van der Waals surface area (Å²) in [6, 6.07) is 14.7. The van der Waals surface area contributed by atoms with E-state index in [0.717, 1.165) is 23.2 Å². The predicted octanol–water partition coefficient (Wildman–Crippen LogP) is 6.54. The summed E-state index contributed by atoms with van der Waals surface area (Å²) in [6.45, 7) is 1.86. The average molecular weight is 477 g/mol. The van der Waals surface area contributed by atoms with Gasteiger partial charge in [0.05, 0.1) is 22.9 Å². The third kappa shape index (κ3) is 4.58. The highest BCUT2D eigenvalue weighted by atomic mass is 19.4. The van der Waals surface area contributed by atoms with Crippen LogP contribution in [-0.4, -0.2) is 20.9 Å². The van der Waals surface area contributed by atoms with E-state index in [2.05, 4.69) is 25.6 Å². The van der Waals surface area contributed by atoms with Crippen LogP contribution in [0.4, 0.5) is 30.5 Å². The Hall–Kier alpha value is -4.60. The Balaban J connectivity index is 1.42. The molecule has 5 aromatic rings. The number of fused-ring (bicyclic) bond motifs is 1. The van der Waals surface area contributed by atoms with Crippen LogP contribution in [0, 0.1) is 6.92 Å². The fourth-order valence-corrected chi connectivity index (χ4v) is 3.59. The summed E-state index contributed by atoms with van der Waals surface area (Å²) in [4.78, 5) is 24.8. The lowest BCUT2D eigenvalue weighted by Crippen LogP contribution is -2.14. The second-order valence-electron chi connectivity index (χ2n) is 7.80. The van der Waals surface area contributed by atoms with E-state index >= 15 is 0 Å². The molecule has 176 valence electrons. The first-order valence-corrected chi connectivity index (χ1v) is 10.5. The minimum Gasteiger partial charge on any atom is -0.463 e. The molecule has 3 N–H and O–H groups in total. The number of amides is 1. The third-order valence-electron chi connectivity index (χ3n) is 5.35. The van der Waals surface area contributed by atoms with Gasteiger partial charge in [0, 0.05) is 23.1 Å². The Morgan fingerprint density at radius 3 is 2.66 bits per heavy atom. The van der Waals surface area contributed by atoms with E-state index in [1.807, 2.05) is 13.0 Å². The Labute approximate surface area is 197 Å². The molecule has 7 nitrogen and oxygen atoms in total. The van der Waals surface area contributed by atoms with Gasteiger partial charge >= 0.3 is 6.18 Å². The number of benzene rings is 2. The molecule has 0 fully saturated rings. The number of aromatic nitrogens is 3. The van der Waals surface area contributed by atoms with E-state index in [1.54, 1.807) is 42.8 Å². The quantitative estimate of drug-likeness (QED) is 0.267. The molecule has 0 saturated carbocycles. The standard InChI is InChI=1S/C25H18F3N5O2/c1-14-7-8-17(30-23(34)15-4-2-5-16(12-15)25(26,27)28)13-19(14)32-24-31-18-9-10-29-21(18)22(33-24)20-6-3-11-35-20/h2-13,29H,1H3,(H,30,34)(H,31,32,33). The number of nitrogens with one attached hydrogen (secondary N) is 3. The molecule has 2 aromatic carbocycles. The summed E-state index contributed by atoms with van der Waals surface area (Å²) in [5, 5.41) is 5.80. The van der Waals surface area contributed by atoms with Gasteiger partial charge in [-0.15, -0.1) is 0 Å². The van der Waals surface area contributed by atoms with Crippen molar-refractivity contribution in [2.45, 2.75) is 13.1 Å². The average Bonchev–Trinajstić information content (AvgIpc) is 3.52. The molecule has 35 heavy (non-hydrogen) atoms. The number of alkyl halides is 3. The number of hydrogen-bond donors (Lipinski definition) is 3. The van der Waals surface area contributed by atoms with Crippen molar-refractivity contribution in [1.29, 1.82) is 0 Å². The van der Waals surface area contributed by atoms with E-state index in [9.17, 15) is 18.0 Å². The summed E-state index contributed by atoms with van der Waals surface area (Å²) in [6.07, 6.45) is -1.23. The maximum Gasteiger partial charge on any atom is 0.416 e. The van der Waals surface area contributed by atoms with Gasteiger partial charge in [-0.05, 0) is 61.0 Å². The zero-order valence-electron chi connectivity index (χ0n) is 18.3. The molecule has 5 rings (SSSR count). The van der Waals surface area contributed by atoms with E-state index in [1.165, 1.54) is 12.1 Å². The summed E-state index contributed by atoms with van der Waals surface area (Å²) < 4.78 is 44.5. The Bertz CT molecular complexity index is 1520. The van der Waals surface area contributed by atoms with Gasteiger partial charge in [-0.25, -0.2) is 9.97 Å². The number of nitrogens with zero attached hydrogens (tertiary/aromatic N) is 2. The third-order valence-corrected chi connectivity index (χ3v) is 5.35. The van der Waals surface area contributed by atoms with Gasteiger partial charge < -0.3 is 20.0 Å². The number of carbonyl (C=O) groups excluding carboxylic acids is 1. The normalized spacial score (nSPS) is 11.5. The van der Waals surface area contributed by atoms with Crippen LogP contribution in [0.25, 0.3) is 22.5 Å². The molecule has 0 unspecified atom stereocenters.